The molecule has 3 heterocycles. The minimum Gasteiger partial charge on any atom is -0.352 e. The molecule has 0 spiro atoms. The number of nitrogens with zero attached hydrogens (tertiary/aromatic N) is 7. The minimum atomic E-state index is 0.139. The van der Waals surface area contributed by atoms with E-state index in [1.807, 2.05) is 13.2 Å². The molecular formula is C21H27N7O. The Morgan fingerprint density at radius 1 is 1.31 bits per heavy atom. The van der Waals surface area contributed by atoms with Gasteiger partial charge in [-0.15, -0.1) is 0 Å². The zero-order valence-corrected chi connectivity index (χ0v) is 17.2. The molecule has 8 nitrogen and oxygen atoms in total. The van der Waals surface area contributed by atoms with Crippen LogP contribution in [0.15, 0.2) is 18.6 Å². The van der Waals surface area contributed by atoms with Gasteiger partial charge in [0.2, 0.25) is 5.91 Å². The second-order valence-electron chi connectivity index (χ2n) is 8.48. The molecule has 8 heteroatoms. The topological polar surface area (TPSA) is 90.9 Å². The predicted molar refractivity (Wildman–Crippen MR) is 109 cm³/mol. The zero-order valence-electron chi connectivity index (χ0n) is 17.2. The molecule has 1 saturated heterocycles. The summed E-state index contributed by atoms with van der Waals surface area (Å²) in [6.07, 6.45) is 8.15. The van der Waals surface area contributed by atoms with Gasteiger partial charge in [-0.05, 0) is 25.2 Å². The molecule has 152 valence electrons. The lowest BCUT2D eigenvalue weighted by Gasteiger charge is -2.43. The van der Waals surface area contributed by atoms with E-state index in [0.29, 0.717) is 48.7 Å². The highest BCUT2D eigenvalue weighted by Gasteiger charge is 2.39. The molecule has 2 aliphatic rings. The molecule has 2 aromatic heterocycles. The maximum Gasteiger partial charge on any atom is 0.226 e. The van der Waals surface area contributed by atoms with Gasteiger partial charge in [0.05, 0.1) is 18.0 Å². The van der Waals surface area contributed by atoms with Crippen molar-refractivity contribution in [3.8, 4) is 17.5 Å². The normalized spacial score (nSPS) is 19.5. The first-order chi connectivity index (χ1) is 14.0. The average Bonchev–Trinajstić information content (AvgIpc) is 3.47. The highest BCUT2D eigenvalue weighted by atomic mass is 16.2. The number of amides is 1. The number of aryl methyl sites for hydroxylation is 1. The Bertz CT molecular complexity index is 941. The van der Waals surface area contributed by atoms with E-state index in [0.717, 1.165) is 24.8 Å². The van der Waals surface area contributed by atoms with Gasteiger partial charge in [0.1, 0.15) is 11.6 Å². The summed E-state index contributed by atoms with van der Waals surface area (Å²) in [4.78, 5) is 26.1. The number of carbonyl (C=O) groups excluding carboxylic acids is 1. The van der Waals surface area contributed by atoms with Crippen LogP contribution < -0.4 is 4.90 Å². The largest absolute Gasteiger partial charge is 0.352 e. The summed E-state index contributed by atoms with van der Waals surface area (Å²) in [5.41, 5.74) is 1.28. The van der Waals surface area contributed by atoms with Crippen molar-refractivity contribution in [1.29, 1.82) is 5.26 Å². The molecule has 4 rings (SSSR count). The lowest BCUT2D eigenvalue weighted by atomic mass is 9.99. The summed E-state index contributed by atoms with van der Waals surface area (Å²) in [5, 5.41) is 13.8. The van der Waals surface area contributed by atoms with E-state index in [4.69, 9.17) is 4.98 Å². The van der Waals surface area contributed by atoms with Crippen molar-refractivity contribution >= 4 is 11.7 Å². The number of nitriles is 1. The lowest BCUT2D eigenvalue weighted by molar-refractivity contribution is -0.135. The maximum atomic E-state index is 12.8. The van der Waals surface area contributed by atoms with Gasteiger partial charge in [-0.1, -0.05) is 13.8 Å². The quantitative estimate of drug-likeness (QED) is 0.774. The Hall–Kier alpha value is -2.95. The number of hydrogen-bond donors (Lipinski definition) is 0. The van der Waals surface area contributed by atoms with E-state index < -0.39 is 0 Å². The summed E-state index contributed by atoms with van der Waals surface area (Å²) >= 11 is 0. The number of rotatable bonds is 5. The Labute approximate surface area is 171 Å². The zero-order chi connectivity index (χ0) is 20.5. The molecule has 1 saturated carbocycles. The Kier molecular flexibility index (Phi) is 5.22. The van der Waals surface area contributed by atoms with Gasteiger partial charge in [0.15, 0.2) is 11.6 Å². The molecule has 1 aliphatic heterocycles. The van der Waals surface area contributed by atoms with Crippen LogP contribution in [0.2, 0.25) is 0 Å². The second-order valence-corrected chi connectivity index (χ2v) is 8.48. The maximum absolute atomic E-state index is 12.8. The Morgan fingerprint density at radius 2 is 2.10 bits per heavy atom. The third-order valence-electron chi connectivity index (χ3n) is 5.59. The van der Waals surface area contributed by atoms with Crippen molar-refractivity contribution in [2.45, 2.75) is 39.2 Å². The fraction of sp³-hybridized carbons (Fsp3) is 0.571. The third-order valence-corrected chi connectivity index (χ3v) is 5.59. The van der Waals surface area contributed by atoms with Crippen LogP contribution in [-0.4, -0.2) is 56.2 Å². The van der Waals surface area contributed by atoms with Gasteiger partial charge in [-0.25, -0.2) is 9.97 Å². The molecule has 2 fully saturated rings. The minimum absolute atomic E-state index is 0.139. The molecule has 1 atom stereocenters. The predicted octanol–water partition coefficient (Wildman–Crippen LogP) is 2.22. The summed E-state index contributed by atoms with van der Waals surface area (Å²) in [7, 11) is 1.85. The second kappa shape index (κ2) is 7.82. The van der Waals surface area contributed by atoms with Crippen LogP contribution in [0.25, 0.3) is 11.4 Å². The fourth-order valence-electron chi connectivity index (χ4n) is 4.02. The highest BCUT2D eigenvalue weighted by Crippen LogP contribution is 2.34. The first-order valence-electron chi connectivity index (χ1n) is 10.3. The van der Waals surface area contributed by atoms with Crippen LogP contribution in [0, 0.1) is 23.2 Å². The van der Waals surface area contributed by atoms with Gasteiger partial charge in [-0.3, -0.25) is 9.48 Å². The standard InChI is InChI=1S/C21H27N7O/c1-14(2)8-18-13-27(6-7-28(18)21(29)15-4-5-15)20-16(9-22)10-23-19(25-20)17-11-24-26(3)12-17/h10-12,14-15,18H,4-8,13H2,1-3H3. The van der Waals surface area contributed by atoms with Gasteiger partial charge in [-0.2, -0.15) is 10.4 Å². The van der Waals surface area contributed by atoms with Crippen molar-refractivity contribution in [3.63, 3.8) is 0 Å². The van der Waals surface area contributed by atoms with Crippen LogP contribution in [0.5, 0.6) is 0 Å². The van der Waals surface area contributed by atoms with Crippen molar-refractivity contribution in [3.05, 3.63) is 24.2 Å². The van der Waals surface area contributed by atoms with Gasteiger partial charge in [0.25, 0.3) is 0 Å². The van der Waals surface area contributed by atoms with Crippen molar-refractivity contribution in [2.24, 2.45) is 18.9 Å². The SMILES string of the molecule is CC(C)CC1CN(c2nc(-c3cnn(C)c3)ncc2C#N)CCN1C(=O)C1CC1. The number of piperazine rings is 1. The molecule has 2 aromatic rings. The van der Waals surface area contributed by atoms with E-state index in [-0.39, 0.29) is 12.0 Å². The van der Waals surface area contributed by atoms with Gasteiger partial charge >= 0.3 is 0 Å². The summed E-state index contributed by atoms with van der Waals surface area (Å²) in [6.45, 7) is 6.40. The van der Waals surface area contributed by atoms with E-state index in [1.54, 1.807) is 17.1 Å². The van der Waals surface area contributed by atoms with Crippen LogP contribution >= 0.6 is 0 Å². The molecular weight excluding hydrogens is 366 g/mol. The van der Waals surface area contributed by atoms with Crippen molar-refractivity contribution in [1.82, 2.24) is 24.6 Å². The van der Waals surface area contributed by atoms with Gasteiger partial charge in [0, 0.05) is 44.8 Å². The average molecular weight is 393 g/mol. The van der Waals surface area contributed by atoms with Crippen LogP contribution in [0.3, 0.4) is 0 Å². The Morgan fingerprint density at radius 3 is 2.72 bits per heavy atom. The van der Waals surface area contributed by atoms with E-state index >= 15 is 0 Å². The lowest BCUT2D eigenvalue weighted by Crippen LogP contribution is -2.56. The number of anilines is 1. The number of carbonyl (C=O) groups is 1. The van der Waals surface area contributed by atoms with E-state index in [2.05, 4.69) is 39.8 Å². The molecule has 0 bridgehead atoms. The first-order valence-corrected chi connectivity index (χ1v) is 10.3. The monoisotopic (exact) mass is 393 g/mol. The number of hydrogen-bond acceptors (Lipinski definition) is 6. The molecule has 1 unspecified atom stereocenters. The van der Waals surface area contributed by atoms with E-state index in [1.165, 1.54) is 0 Å². The summed E-state index contributed by atoms with van der Waals surface area (Å²) < 4.78 is 1.71. The molecule has 1 aliphatic carbocycles. The molecule has 0 N–H and O–H groups in total. The highest BCUT2D eigenvalue weighted by molar-refractivity contribution is 5.81. The van der Waals surface area contributed by atoms with Crippen molar-refractivity contribution in [2.75, 3.05) is 24.5 Å². The van der Waals surface area contributed by atoms with Crippen LogP contribution in [0.4, 0.5) is 5.82 Å². The van der Waals surface area contributed by atoms with Crippen molar-refractivity contribution < 1.29 is 4.79 Å². The third kappa shape index (κ3) is 4.09. The van der Waals surface area contributed by atoms with Gasteiger partial charge < -0.3 is 9.80 Å². The molecule has 0 aromatic carbocycles. The molecule has 0 radical (unpaired) electrons. The van der Waals surface area contributed by atoms with Crippen LogP contribution in [0.1, 0.15) is 38.7 Å². The first kappa shape index (κ1) is 19.4. The molecule has 29 heavy (non-hydrogen) atoms. The smallest absolute Gasteiger partial charge is 0.226 e. The summed E-state index contributed by atoms with van der Waals surface area (Å²) in [5.74, 6) is 2.22. The van der Waals surface area contributed by atoms with Crippen LogP contribution in [-0.2, 0) is 11.8 Å². The number of aromatic nitrogens is 4. The Balaban J connectivity index is 1.61. The fourth-order valence-corrected chi connectivity index (χ4v) is 4.02. The summed E-state index contributed by atoms with van der Waals surface area (Å²) in [6, 6.07) is 2.37. The van der Waals surface area contributed by atoms with E-state index in [9.17, 15) is 10.1 Å². The molecule has 1 amide bonds.